The highest BCUT2D eigenvalue weighted by atomic mass is 16.3. The molecule has 16 heavy (non-hydrogen) atoms. The molecule has 1 aliphatic heterocycles. The minimum Gasteiger partial charge on any atom is -0.391 e. The highest BCUT2D eigenvalue weighted by molar-refractivity contribution is 4.83. The number of hydrogen-bond donors (Lipinski definition) is 2. The van der Waals surface area contributed by atoms with E-state index in [1.54, 1.807) is 0 Å². The Morgan fingerprint density at radius 2 is 2.00 bits per heavy atom. The molecule has 2 N–H and O–H groups in total. The van der Waals surface area contributed by atoms with E-state index >= 15 is 0 Å². The number of hydrogen-bond acceptors (Lipinski definition) is 3. The van der Waals surface area contributed by atoms with Gasteiger partial charge < -0.3 is 15.3 Å². The van der Waals surface area contributed by atoms with Gasteiger partial charge in [-0.25, -0.2) is 0 Å². The van der Waals surface area contributed by atoms with Gasteiger partial charge in [-0.3, -0.25) is 0 Å². The Morgan fingerprint density at radius 3 is 2.69 bits per heavy atom. The van der Waals surface area contributed by atoms with E-state index in [4.69, 9.17) is 0 Å². The minimum atomic E-state index is -0.0877. The molecule has 3 heteroatoms. The maximum absolute atomic E-state index is 10.0. The van der Waals surface area contributed by atoms with Crippen molar-refractivity contribution in [1.82, 2.24) is 10.2 Å². The first-order valence-corrected chi connectivity index (χ1v) is 6.86. The summed E-state index contributed by atoms with van der Waals surface area (Å²) >= 11 is 0. The molecule has 1 heterocycles. The molecule has 0 aromatic carbocycles. The van der Waals surface area contributed by atoms with E-state index in [0.29, 0.717) is 6.04 Å². The quantitative estimate of drug-likeness (QED) is 0.759. The van der Waals surface area contributed by atoms with Gasteiger partial charge in [0.15, 0.2) is 0 Å². The molecule has 2 aliphatic rings. The van der Waals surface area contributed by atoms with Crippen LogP contribution in [0.4, 0.5) is 0 Å². The fourth-order valence-corrected chi connectivity index (χ4v) is 3.23. The highest BCUT2D eigenvalue weighted by Crippen LogP contribution is 2.23. The zero-order chi connectivity index (χ0) is 11.4. The third kappa shape index (κ3) is 3.19. The molecule has 0 radical (unpaired) electrons. The summed E-state index contributed by atoms with van der Waals surface area (Å²) in [5.74, 6) is 0.785. The first-order chi connectivity index (χ1) is 7.77. The molecule has 0 aromatic heterocycles. The van der Waals surface area contributed by atoms with Gasteiger partial charge in [-0.05, 0) is 51.7 Å². The van der Waals surface area contributed by atoms with Crippen LogP contribution in [0, 0.1) is 5.92 Å². The van der Waals surface area contributed by atoms with Crippen LogP contribution in [0.15, 0.2) is 0 Å². The van der Waals surface area contributed by atoms with Crippen LogP contribution in [-0.2, 0) is 0 Å². The summed E-state index contributed by atoms with van der Waals surface area (Å²) in [4.78, 5) is 2.40. The van der Waals surface area contributed by atoms with E-state index in [9.17, 15) is 5.11 Å². The summed E-state index contributed by atoms with van der Waals surface area (Å²) in [7, 11) is 2.19. The maximum Gasteiger partial charge on any atom is 0.0695 e. The first-order valence-electron chi connectivity index (χ1n) is 6.86. The summed E-state index contributed by atoms with van der Waals surface area (Å²) in [5.41, 5.74) is 0. The molecule has 94 valence electrons. The Bertz CT molecular complexity index is 204. The lowest BCUT2D eigenvalue weighted by molar-refractivity contribution is 0.0241. The summed E-state index contributed by atoms with van der Waals surface area (Å²) in [5, 5.41) is 13.5. The Hall–Kier alpha value is -0.120. The van der Waals surface area contributed by atoms with E-state index in [1.165, 1.54) is 38.6 Å². The monoisotopic (exact) mass is 226 g/mol. The summed E-state index contributed by atoms with van der Waals surface area (Å²) in [6, 6.07) is 0.413. The molecular formula is C13H26N2O. The Kier molecular flexibility index (Phi) is 4.62. The third-order valence-electron chi connectivity index (χ3n) is 4.21. The number of rotatable bonds is 3. The van der Waals surface area contributed by atoms with E-state index in [2.05, 4.69) is 17.3 Å². The number of likely N-dealkylation sites (N-methyl/N-ethyl adjacent to an activating group) is 1. The van der Waals surface area contributed by atoms with Crippen molar-refractivity contribution in [3.05, 3.63) is 0 Å². The van der Waals surface area contributed by atoms with Crippen molar-refractivity contribution in [1.29, 1.82) is 0 Å². The van der Waals surface area contributed by atoms with Crippen LogP contribution in [0.25, 0.3) is 0 Å². The van der Waals surface area contributed by atoms with Crippen LogP contribution in [0.2, 0.25) is 0 Å². The molecule has 1 saturated heterocycles. The van der Waals surface area contributed by atoms with Gasteiger partial charge in [-0.2, -0.15) is 0 Å². The van der Waals surface area contributed by atoms with Crippen molar-refractivity contribution in [3.8, 4) is 0 Å². The molecule has 1 saturated carbocycles. The number of aliphatic hydroxyl groups excluding tert-OH is 1. The normalized spacial score (nSPS) is 36.6. The molecule has 0 aromatic rings. The van der Waals surface area contributed by atoms with Crippen LogP contribution in [0.1, 0.15) is 38.5 Å². The molecule has 3 unspecified atom stereocenters. The molecule has 1 aliphatic carbocycles. The van der Waals surface area contributed by atoms with Crippen LogP contribution in [0.5, 0.6) is 0 Å². The van der Waals surface area contributed by atoms with Crippen LogP contribution < -0.4 is 5.32 Å². The van der Waals surface area contributed by atoms with E-state index in [1.807, 2.05) is 0 Å². The molecule has 3 nitrogen and oxygen atoms in total. The van der Waals surface area contributed by atoms with Gasteiger partial charge >= 0.3 is 0 Å². The van der Waals surface area contributed by atoms with Crippen LogP contribution in [0.3, 0.4) is 0 Å². The molecule has 0 amide bonds. The Morgan fingerprint density at radius 1 is 1.19 bits per heavy atom. The van der Waals surface area contributed by atoms with Crippen molar-refractivity contribution in [2.45, 2.75) is 50.7 Å². The summed E-state index contributed by atoms with van der Waals surface area (Å²) in [6.07, 6.45) is 7.24. The third-order valence-corrected chi connectivity index (χ3v) is 4.21. The molecule has 3 atom stereocenters. The van der Waals surface area contributed by atoms with Gasteiger partial charge in [0.1, 0.15) is 0 Å². The standard InChI is InChI=1S/C13H26N2O/c1-15(10-11-5-4-8-14-9-11)12-6-2-3-7-13(12)16/h11-14,16H,2-10H2,1H3. The van der Waals surface area contributed by atoms with Gasteiger partial charge in [0.2, 0.25) is 0 Å². The molecule has 2 rings (SSSR count). The predicted octanol–water partition coefficient (Wildman–Crippen LogP) is 1.22. The second kappa shape index (κ2) is 5.99. The van der Waals surface area contributed by atoms with Gasteiger partial charge in [-0.1, -0.05) is 12.8 Å². The lowest BCUT2D eigenvalue weighted by Crippen LogP contribution is -2.47. The largest absolute Gasteiger partial charge is 0.391 e. The zero-order valence-electron chi connectivity index (χ0n) is 10.5. The maximum atomic E-state index is 10.0. The minimum absolute atomic E-state index is 0.0877. The topological polar surface area (TPSA) is 35.5 Å². The summed E-state index contributed by atoms with van der Waals surface area (Å²) in [6.45, 7) is 3.49. The smallest absolute Gasteiger partial charge is 0.0695 e. The average molecular weight is 226 g/mol. The van der Waals surface area contributed by atoms with Crippen molar-refractivity contribution in [2.75, 3.05) is 26.7 Å². The second-order valence-corrected chi connectivity index (χ2v) is 5.57. The molecular weight excluding hydrogens is 200 g/mol. The number of aliphatic hydroxyl groups is 1. The van der Waals surface area contributed by atoms with Gasteiger partial charge in [0.05, 0.1) is 6.10 Å². The number of nitrogens with zero attached hydrogens (tertiary/aromatic N) is 1. The molecule has 2 fully saturated rings. The van der Waals surface area contributed by atoms with Gasteiger partial charge in [0.25, 0.3) is 0 Å². The van der Waals surface area contributed by atoms with E-state index < -0.39 is 0 Å². The second-order valence-electron chi connectivity index (χ2n) is 5.57. The fourth-order valence-electron chi connectivity index (χ4n) is 3.23. The average Bonchev–Trinajstić information content (AvgIpc) is 2.31. The number of nitrogens with one attached hydrogen (secondary N) is 1. The van der Waals surface area contributed by atoms with Crippen molar-refractivity contribution >= 4 is 0 Å². The van der Waals surface area contributed by atoms with Gasteiger partial charge in [0, 0.05) is 12.6 Å². The van der Waals surface area contributed by atoms with Gasteiger partial charge in [-0.15, -0.1) is 0 Å². The highest BCUT2D eigenvalue weighted by Gasteiger charge is 2.28. The Labute approximate surface area is 99.2 Å². The van der Waals surface area contributed by atoms with E-state index in [0.717, 1.165) is 25.4 Å². The van der Waals surface area contributed by atoms with Crippen molar-refractivity contribution in [3.63, 3.8) is 0 Å². The van der Waals surface area contributed by atoms with E-state index in [-0.39, 0.29) is 6.10 Å². The fraction of sp³-hybridized carbons (Fsp3) is 1.00. The lowest BCUT2D eigenvalue weighted by atomic mass is 9.90. The van der Waals surface area contributed by atoms with Crippen molar-refractivity contribution < 1.29 is 5.11 Å². The lowest BCUT2D eigenvalue weighted by Gasteiger charge is -2.37. The molecule has 0 bridgehead atoms. The summed E-state index contributed by atoms with van der Waals surface area (Å²) < 4.78 is 0. The van der Waals surface area contributed by atoms with Crippen molar-refractivity contribution in [2.24, 2.45) is 5.92 Å². The van der Waals surface area contributed by atoms with Crippen LogP contribution in [-0.4, -0.2) is 48.8 Å². The number of piperidine rings is 1. The Balaban J connectivity index is 1.78. The SMILES string of the molecule is CN(CC1CCCNC1)C1CCCCC1O. The van der Waals surface area contributed by atoms with Crippen LogP contribution >= 0.6 is 0 Å². The predicted molar refractivity (Wildman–Crippen MR) is 66.5 cm³/mol. The first kappa shape index (κ1) is 12.3. The zero-order valence-corrected chi connectivity index (χ0v) is 10.5. The molecule has 0 spiro atoms.